The molecule has 0 radical (unpaired) electrons. The predicted octanol–water partition coefficient (Wildman–Crippen LogP) is 2.71. The van der Waals surface area contributed by atoms with Crippen molar-refractivity contribution >= 4 is 12.5 Å². The van der Waals surface area contributed by atoms with Gasteiger partial charge in [0.1, 0.15) is 0 Å². The monoisotopic (exact) mass is 316 g/mol. The van der Waals surface area contributed by atoms with E-state index in [1.165, 1.54) is 25.0 Å². The van der Waals surface area contributed by atoms with Gasteiger partial charge in [-0.1, -0.05) is 44.6 Å². The summed E-state index contributed by atoms with van der Waals surface area (Å²) in [6.45, 7) is -1.24. The molecule has 23 heavy (non-hydrogen) atoms. The summed E-state index contributed by atoms with van der Waals surface area (Å²) in [6, 6.07) is 4.37. The summed E-state index contributed by atoms with van der Waals surface area (Å²) in [7, 11) is 0. The molecule has 3 N–H and O–H groups in total. The topological polar surface area (TPSA) is 78.8 Å². The average molecular weight is 316 g/mol. The largest absolute Gasteiger partial charge is 0.673 e. The van der Waals surface area contributed by atoms with E-state index in [4.69, 9.17) is 4.65 Å². The molecule has 3 aliphatic heterocycles. The lowest BCUT2D eigenvalue weighted by atomic mass is 9.28. The molecule has 1 spiro atoms. The summed E-state index contributed by atoms with van der Waals surface area (Å²) >= 11 is 0. The number of phenolic OH excluding ortho intramolecular Hbond substituents is 2. The normalized spacial score (nSPS) is 36.2. The van der Waals surface area contributed by atoms with Gasteiger partial charge in [0.05, 0.1) is 6.04 Å². The molecule has 5 nitrogen and oxygen atoms in total. The standard InChI is InChI=1S/C17H23BNO4/c20-15-8-7-11(10-16(15)21)9-14-17(22)23-18(19-14)12-3-1-4-13(18)6-2-5-12/h7-8,10,12-14,19-21H,1-6,9H2/q-1/t12?,13?,14-,18?/m0/s1. The maximum atomic E-state index is 12.5. The minimum absolute atomic E-state index is 0.141. The highest BCUT2D eigenvalue weighted by molar-refractivity contribution is 6.77. The first-order valence-corrected chi connectivity index (χ1v) is 8.76. The molecular weight excluding hydrogens is 293 g/mol. The SMILES string of the molecule is O=C1O[B-]2(N[C@H]1Cc1ccc(O)c(O)c1)C1CCCC2CCC1. The van der Waals surface area contributed by atoms with Gasteiger partial charge < -0.3 is 20.1 Å². The fourth-order valence-electron chi connectivity index (χ4n) is 5.18. The molecular formula is C17H23BNO4-. The fourth-order valence-corrected chi connectivity index (χ4v) is 5.18. The van der Waals surface area contributed by atoms with Crippen LogP contribution in [0.25, 0.3) is 0 Å². The van der Waals surface area contributed by atoms with E-state index in [1.54, 1.807) is 6.07 Å². The number of nitrogens with one attached hydrogen (secondary N) is 1. The Labute approximate surface area is 136 Å². The van der Waals surface area contributed by atoms with Crippen LogP contribution in [0.1, 0.15) is 44.1 Å². The second-order valence-corrected chi connectivity index (χ2v) is 7.48. The molecule has 0 saturated carbocycles. The van der Waals surface area contributed by atoms with Crippen molar-refractivity contribution in [3.8, 4) is 11.5 Å². The van der Waals surface area contributed by atoms with Crippen molar-refractivity contribution in [1.82, 2.24) is 5.23 Å². The molecule has 6 heteroatoms. The molecule has 4 rings (SSSR count). The summed E-state index contributed by atoms with van der Waals surface area (Å²) in [5.41, 5.74) is 0.823. The van der Waals surface area contributed by atoms with E-state index in [-0.39, 0.29) is 23.5 Å². The lowest BCUT2D eigenvalue weighted by Gasteiger charge is -2.55. The second kappa shape index (κ2) is 5.44. The minimum Gasteiger partial charge on any atom is -0.673 e. The van der Waals surface area contributed by atoms with Crippen molar-refractivity contribution < 1.29 is 19.7 Å². The molecule has 0 amide bonds. The van der Waals surface area contributed by atoms with Gasteiger partial charge in [-0.25, -0.2) is 0 Å². The van der Waals surface area contributed by atoms with Crippen LogP contribution in [-0.4, -0.2) is 28.7 Å². The molecule has 2 bridgehead atoms. The van der Waals surface area contributed by atoms with Crippen molar-refractivity contribution in [2.45, 2.75) is 62.6 Å². The van der Waals surface area contributed by atoms with E-state index in [2.05, 4.69) is 5.23 Å². The molecule has 0 aromatic heterocycles. The quantitative estimate of drug-likeness (QED) is 0.577. The van der Waals surface area contributed by atoms with Gasteiger partial charge in [0.15, 0.2) is 11.5 Å². The second-order valence-electron chi connectivity index (χ2n) is 7.48. The Kier molecular flexibility index (Phi) is 3.52. The summed E-state index contributed by atoms with van der Waals surface area (Å²) < 4.78 is 6.00. The van der Waals surface area contributed by atoms with Crippen LogP contribution >= 0.6 is 0 Å². The minimum atomic E-state index is -1.24. The van der Waals surface area contributed by atoms with Crippen LogP contribution in [0.2, 0.25) is 11.6 Å². The zero-order valence-corrected chi connectivity index (χ0v) is 13.2. The van der Waals surface area contributed by atoms with Gasteiger partial charge in [-0.3, -0.25) is 4.79 Å². The molecule has 3 fully saturated rings. The molecule has 0 unspecified atom stereocenters. The van der Waals surface area contributed by atoms with Crippen LogP contribution in [0.4, 0.5) is 0 Å². The first kappa shape index (κ1) is 14.9. The lowest BCUT2D eigenvalue weighted by molar-refractivity contribution is -0.134. The van der Waals surface area contributed by atoms with Gasteiger partial charge in [0.25, 0.3) is 5.97 Å². The van der Waals surface area contributed by atoms with Gasteiger partial charge in [-0.15, -0.1) is 11.6 Å². The van der Waals surface area contributed by atoms with Crippen molar-refractivity contribution in [3.05, 3.63) is 23.8 Å². The number of benzene rings is 1. The average Bonchev–Trinajstić information content (AvgIpc) is 2.79. The lowest BCUT2D eigenvalue weighted by Crippen LogP contribution is -2.60. The Morgan fingerprint density at radius 3 is 2.35 bits per heavy atom. The maximum absolute atomic E-state index is 12.5. The molecule has 3 heterocycles. The predicted molar refractivity (Wildman–Crippen MR) is 87.4 cm³/mol. The highest BCUT2D eigenvalue weighted by atomic mass is 16.5. The van der Waals surface area contributed by atoms with Crippen molar-refractivity contribution in [2.24, 2.45) is 0 Å². The number of phenols is 2. The zero-order chi connectivity index (χ0) is 16.0. The smallest absolute Gasteiger partial charge is 0.273 e. The number of hydrogen-bond donors (Lipinski definition) is 3. The van der Waals surface area contributed by atoms with Crippen LogP contribution in [0.5, 0.6) is 11.5 Å². The maximum Gasteiger partial charge on any atom is 0.273 e. The van der Waals surface area contributed by atoms with E-state index >= 15 is 0 Å². The first-order chi connectivity index (χ1) is 11.1. The van der Waals surface area contributed by atoms with Crippen LogP contribution in [0, 0.1) is 0 Å². The number of carbonyl (C=O) groups excluding carboxylic acids is 1. The molecule has 3 aliphatic rings. The molecule has 1 aromatic carbocycles. The Balaban J connectivity index is 1.55. The first-order valence-electron chi connectivity index (χ1n) is 8.76. The van der Waals surface area contributed by atoms with Crippen molar-refractivity contribution in [3.63, 3.8) is 0 Å². The highest BCUT2D eigenvalue weighted by Gasteiger charge is 2.53. The van der Waals surface area contributed by atoms with E-state index in [1.807, 2.05) is 0 Å². The number of hydrogen-bond acceptors (Lipinski definition) is 5. The Morgan fingerprint density at radius 1 is 1.09 bits per heavy atom. The molecule has 124 valence electrons. The van der Waals surface area contributed by atoms with E-state index in [9.17, 15) is 15.0 Å². The van der Waals surface area contributed by atoms with Gasteiger partial charge in [0, 0.05) is 0 Å². The van der Waals surface area contributed by atoms with Gasteiger partial charge in [-0.2, -0.15) is 0 Å². The highest BCUT2D eigenvalue weighted by Crippen LogP contribution is 2.53. The van der Waals surface area contributed by atoms with E-state index in [0.29, 0.717) is 18.1 Å². The summed E-state index contributed by atoms with van der Waals surface area (Å²) in [4.78, 5) is 12.5. The number of carbonyl (C=O) groups is 1. The van der Waals surface area contributed by atoms with Crippen LogP contribution in [0.15, 0.2) is 18.2 Å². The molecule has 1 aromatic rings. The number of rotatable bonds is 2. The molecule has 3 saturated heterocycles. The molecule has 0 aliphatic carbocycles. The Bertz CT molecular complexity index is 613. The number of aromatic hydroxyl groups is 2. The van der Waals surface area contributed by atoms with Crippen molar-refractivity contribution in [1.29, 1.82) is 0 Å². The summed E-state index contributed by atoms with van der Waals surface area (Å²) in [5, 5.41) is 22.6. The third-order valence-electron chi connectivity index (χ3n) is 6.24. The van der Waals surface area contributed by atoms with E-state index in [0.717, 1.165) is 31.2 Å². The van der Waals surface area contributed by atoms with Crippen LogP contribution in [0.3, 0.4) is 0 Å². The fraction of sp³-hybridized carbons (Fsp3) is 0.588. The third kappa shape index (κ3) is 2.40. The summed E-state index contributed by atoms with van der Waals surface area (Å²) in [5.74, 6) is 0.535. The van der Waals surface area contributed by atoms with Gasteiger partial charge in [-0.05, 0) is 24.1 Å². The van der Waals surface area contributed by atoms with Gasteiger partial charge in [0.2, 0.25) is 6.48 Å². The van der Waals surface area contributed by atoms with E-state index < -0.39 is 6.48 Å². The van der Waals surface area contributed by atoms with Crippen LogP contribution in [-0.2, 0) is 15.9 Å². The summed E-state index contributed by atoms with van der Waals surface area (Å²) in [6.07, 6.45) is 7.60. The van der Waals surface area contributed by atoms with Crippen LogP contribution < -0.4 is 5.23 Å². The third-order valence-corrected chi connectivity index (χ3v) is 6.24. The Morgan fingerprint density at radius 2 is 1.74 bits per heavy atom. The zero-order valence-electron chi connectivity index (χ0n) is 13.2. The Hall–Kier alpha value is -1.69. The van der Waals surface area contributed by atoms with Crippen molar-refractivity contribution in [2.75, 3.05) is 0 Å². The van der Waals surface area contributed by atoms with Gasteiger partial charge >= 0.3 is 0 Å². The molecule has 1 atom stereocenters.